The lowest BCUT2D eigenvalue weighted by molar-refractivity contribution is 0.302. The predicted octanol–water partition coefficient (Wildman–Crippen LogP) is 3.13. The van der Waals surface area contributed by atoms with Crippen LogP contribution in [-0.4, -0.2) is 18.2 Å². The highest BCUT2D eigenvalue weighted by Crippen LogP contribution is 2.24. The van der Waals surface area contributed by atoms with Crippen molar-refractivity contribution in [3.8, 4) is 11.5 Å². The third-order valence-electron chi connectivity index (χ3n) is 2.85. The molecule has 5 nitrogen and oxygen atoms in total. The van der Waals surface area contributed by atoms with Crippen LogP contribution in [0, 0.1) is 0 Å². The lowest BCUT2D eigenvalue weighted by Gasteiger charge is -2.11. The van der Waals surface area contributed by atoms with Crippen molar-refractivity contribution in [1.29, 1.82) is 0 Å². The van der Waals surface area contributed by atoms with Crippen LogP contribution in [0.5, 0.6) is 11.5 Å². The fourth-order valence-electron chi connectivity index (χ4n) is 1.81. The molecule has 0 unspecified atom stereocenters. The van der Waals surface area contributed by atoms with E-state index < -0.39 is 0 Å². The third kappa shape index (κ3) is 3.88. The molecule has 6 heteroatoms. The highest BCUT2D eigenvalue weighted by Gasteiger charge is 2.09. The summed E-state index contributed by atoms with van der Waals surface area (Å²) in [6.45, 7) is 0.352. The maximum Gasteiger partial charge on any atom is 0.173 e. The molecule has 21 heavy (non-hydrogen) atoms. The largest absolute Gasteiger partial charge is 0.497 e. The maximum absolute atomic E-state index is 8.83. The van der Waals surface area contributed by atoms with Gasteiger partial charge in [0.25, 0.3) is 0 Å². The third-order valence-corrected chi connectivity index (χ3v) is 3.35. The van der Waals surface area contributed by atoms with Crippen LogP contribution >= 0.6 is 15.9 Å². The summed E-state index contributed by atoms with van der Waals surface area (Å²) in [5.74, 6) is 1.30. The van der Waals surface area contributed by atoms with E-state index in [0.29, 0.717) is 17.9 Å². The number of amidine groups is 1. The van der Waals surface area contributed by atoms with Gasteiger partial charge in [-0.1, -0.05) is 33.2 Å². The van der Waals surface area contributed by atoms with Gasteiger partial charge in [0.15, 0.2) is 5.84 Å². The van der Waals surface area contributed by atoms with Crippen LogP contribution in [0.15, 0.2) is 52.1 Å². The van der Waals surface area contributed by atoms with Crippen molar-refractivity contribution in [1.82, 2.24) is 0 Å². The SMILES string of the molecule is COc1cccc(COc2ccc(Br)cc2/C(N)=N/O)c1. The van der Waals surface area contributed by atoms with Crippen molar-refractivity contribution in [3.05, 3.63) is 58.1 Å². The minimum atomic E-state index is -0.00283. The average Bonchev–Trinajstić information content (AvgIpc) is 2.53. The molecule has 0 amide bonds. The van der Waals surface area contributed by atoms with E-state index in [1.54, 1.807) is 19.2 Å². The Bertz CT molecular complexity index is 659. The lowest BCUT2D eigenvalue weighted by Crippen LogP contribution is -2.15. The molecule has 3 N–H and O–H groups in total. The van der Waals surface area contributed by atoms with Gasteiger partial charge in [0.05, 0.1) is 12.7 Å². The highest BCUT2D eigenvalue weighted by molar-refractivity contribution is 9.10. The minimum Gasteiger partial charge on any atom is -0.497 e. The van der Waals surface area contributed by atoms with Crippen molar-refractivity contribution in [3.63, 3.8) is 0 Å². The number of ether oxygens (including phenoxy) is 2. The molecule has 2 aromatic rings. The van der Waals surface area contributed by atoms with Crippen LogP contribution < -0.4 is 15.2 Å². The van der Waals surface area contributed by atoms with Gasteiger partial charge in [-0.3, -0.25) is 0 Å². The first-order chi connectivity index (χ1) is 10.1. The summed E-state index contributed by atoms with van der Waals surface area (Å²) in [5.41, 5.74) is 7.14. The van der Waals surface area contributed by atoms with Gasteiger partial charge >= 0.3 is 0 Å². The minimum absolute atomic E-state index is 0.00283. The second kappa shape index (κ2) is 6.99. The van der Waals surface area contributed by atoms with E-state index in [1.165, 1.54) is 0 Å². The molecular formula is C15H15BrN2O3. The zero-order valence-corrected chi connectivity index (χ0v) is 13.0. The molecule has 0 aliphatic heterocycles. The fourth-order valence-corrected chi connectivity index (χ4v) is 2.17. The van der Waals surface area contributed by atoms with E-state index >= 15 is 0 Å². The number of hydrogen-bond donors (Lipinski definition) is 2. The molecule has 0 atom stereocenters. The van der Waals surface area contributed by atoms with Gasteiger partial charge in [-0.2, -0.15) is 0 Å². The standard InChI is InChI=1S/C15H15BrN2O3/c1-20-12-4-2-3-10(7-12)9-21-14-6-5-11(16)8-13(14)15(17)18-19/h2-8,19H,9H2,1H3,(H2,17,18). The summed E-state index contributed by atoms with van der Waals surface area (Å²) < 4.78 is 11.7. The molecule has 0 aliphatic carbocycles. The molecule has 2 aromatic carbocycles. The van der Waals surface area contributed by atoms with Crippen molar-refractivity contribution in [2.45, 2.75) is 6.61 Å². The summed E-state index contributed by atoms with van der Waals surface area (Å²) >= 11 is 3.34. The number of hydrogen-bond acceptors (Lipinski definition) is 4. The molecule has 0 heterocycles. The smallest absolute Gasteiger partial charge is 0.173 e. The van der Waals surface area contributed by atoms with Gasteiger partial charge in [-0.15, -0.1) is 0 Å². The topological polar surface area (TPSA) is 77.1 Å². The number of benzene rings is 2. The predicted molar refractivity (Wildman–Crippen MR) is 84.0 cm³/mol. The van der Waals surface area contributed by atoms with Gasteiger partial charge in [0.1, 0.15) is 18.1 Å². The molecule has 0 saturated heterocycles. The van der Waals surface area contributed by atoms with Gasteiger partial charge in [-0.25, -0.2) is 0 Å². The molecule has 110 valence electrons. The Balaban J connectivity index is 2.19. The van der Waals surface area contributed by atoms with Crippen molar-refractivity contribution < 1.29 is 14.7 Å². The summed E-state index contributed by atoms with van der Waals surface area (Å²) in [5, 5.41) is 11.8. The van der Waals surface area contributed by atoms with Crippen LogP contribution in [0.4, 0.5) is 0 Å². The normalized spacial score (nSPS) is 11.2. The number of nitrogens with zero attached hydrogens (tertiary/aromatic N) is 1. The zero-order valence-electron chi connectivity index (χ0n) is 11.4. The number of halogens is 1. The second-order valence-corrected chi connectivity index (χ2v) is 5.18. The van der Waals surface area contributed by atoms with Crippen molar-refractivity contribution in [2.75, 3.05) is 7.11 Å². The maximum atomic E-state index is 8.83. The van der Waals surface area contributed by atoms with Crippen LogP contribution in [-0.2, 0) is 6.61 Å². The summed E-state index contributed by atoms with van der Waals surface area (Å²) in [7, 11) is 1.62. The number of methoxy groups -OCH3 is 1. The van der Waals surface area contributed by atoms with E-state index in [4.69, 9.17) is 20.4 Å². The molecule has 0 bridgehead atoms. The molecule has 0 aromatic heterocycles. The second-order valence-electron chi connectivity index (χ2n) is 4.27. The Morgan fingerprint density at radius 1 is 1.29 bits per heavy atom. The van der Waals surface area contributed by atoms with Crippen LogP contribution in [0.25, 0.3) is 0 Å². The average molecular weight is 351 g/mol. The summed E-state index contributed by atoms with van der Waals surface area (Å²) in [4.78, 5) is 0. The monoisotopic (exact) mass is 350 g/mol. The zero-order chi connectivity index (χ0) is 15.2. The molecule has 0 fully saturated rings. The first-order valence-corrected chi connectivity index (χ1v) is 6.96. The number of rotatable bonds is 5. The van der Waals surface area contributed by atoms with E-state index in [2.05, 4.69) is 21.1 Å². The van der Waals surface area contributed by atoms with Gasteiger partial charge in [0, 0.05) is 4.47 Å². The highest BCUT2D eigenvalue weighted by atomic mass is 79.9. The fraction of sp³-hybridized carbons (Fsp3) is 0.133. The van der Waals surface area contributed by atoms with Gasteiger partial charge in [-0.05, 0) is 35.9 Å². The molecule has 0 aliphatic rings. The Kier molecular flexibility index (Phi) is 5.05. The first-order valence-electron chi connectivity index (χ1n) is 6.17. The first kappa shape index (κ1) is 15.2. The Labute approximate surface area is 131 Å². The number of oxime groups is 1. The Morgan fingerprint density at radius 3 is 2.81 bits per heavy atom. The van der Waals surface area contributed by atoms with Gasteiger partial charge in [0.2, 0.25) is 0 Å². The molecular weight excluding hydrogens is 336 g/mol. The van der Waals surface area contributed by atoms with E-state index in [-0.39, 0.29) is 5.84 Å². The quantitative estimate of drug-likeness (QED) is 0.376. The van der Waals surface area contributed by atoms with Gasteiger partial charge < -0.3 is 20.4 Å². The van der Waals surface area contributed by atoms with Crippen LogP contribution in [0.3, 0.4) is 0 Å². The van der Waals surface area contributed by atoms with E-state index in [0.717, 1.165) is 15.8 Å². The molecule has 0 saturated carbocycles. The molecule has 2 rings (SSSR count). The van der Waals surface area contributed by atoms with E-state index in [9.17, 15) is 0 Å². The molecule has 0 spiro atoms. The lowest BCUT2D eigenvalue weighted by atomic mass is 10.2. The van der Waals surface area contributed by atoms with Crippen LogP contribution in [0.1, 0.15) is 11.1 Å². The Hall–Kier alpha value is -2.21. The number of nitrogens with two attached hydrogens (primary N) is 1. The molecule has 0 radical (unpaired) electrons. The van der Waals surface area contributed by atoms with Crippen molar-refractivity contribution in [2.24, 2.45) is 10.9 Å². The summed E-state index contributed by atoms with van der Waals surface area (Å²) in [6, 6.07) is 12.9. The Morgan fingerprint density at radius 2 is 2.10 bits per heavy atom. The summed E-state index contributed by atoms with van der Waals surface area (Å²) in [6.07, 6.45) is 0. The van der Waals surface area contributed by atoms with Crippen molar-refractivity contribution >= 4 is 21.8 Å². The van der Waals surface area contributed by atoms with E-state index in [1.807, 2.05) is 30.3 Å². The van der Waals surface area contributed by atoms with Crippen LogP contribution in [0.2, 0.25) is 0 Å².